The molecule has 0 aliphatic carbocycles. The highest BCUT2D eigenvalue weighted by Crippen LogP contribution is 2.17. The van der Waals surface area contributed by atoms with Gasteiger partial charge in [-0.3, -0.25) is 9.59 Å². The molecule has 5 heteroatoms. The van der Waals surface area contributed by atoms with Crippen molar-refractivity contribution in [2.24, 2.45) is 0 Å². The van der Waals surface area contributed by atoms with Crippen LogP contribution >= 0.6 is 0 Å². The lowest BCUT2D eigenvalue weighted by atomic mass is 10.1. The van der Waals surface area contributed by atoms with E-state index in [2.05, 4.69) is 0 Å². The first-order chi connectivity index (χ1) is 8.97. The summed E-state index contributed by atoms with van der Waals surface area (Å²) in [7, 11) is 1.66. The molecule has 0 fully saturated rings. The molecule has 0 aliphatic rings. The van der Waals surface area contributed by atoms with Gasteiger partial charge in [-0.15, -0.1) is 0 Å². The molecule has 1 aromatic carbocycles. The van der Waals surface area contributed by atoms with Crippen molar-refractivity contribution in [3.63, 3.8) is 0 Å². The SMILES string of the molecule is CCOC(=O)CCN(C)C(=O)c1cccc(N)c1C. The van der Waals surface area contributed by atoms with Gasteiger partial charge in [0.15, 0.2) is 0 Å². The highest BCUT2D eigenvalue weighted by Gasteiger charge is 2.16. The maximum atomic E-state index is 12.2. The van der Waals surface area contributed by atoms with E-state index in [-0.39, 0.29) is 18.3 Å². The molecule has 0 heterocycles. The Morgan fingerprint density at radius 1 is 1.37 bits per heavy atom. The van der Waals surface area contributed by atoms with Crippen LogP contribution in [0.3, 0.4) is 0 Å². The molecule has 2 N–H and O–H groups in total. The third kappa shape index (κ3) is 3.98. The summed E-state index contributed by atoms with van der Waals surface area (Å²) in [6.45, 7) is 4.24. The Morgan fingerprint density at radius 3 is 2.68 bits per heavy atom. The van der Waals surface area contributed by atoms with Gasteiger partial charge in [-0.05, 0) is 31.5 Å². The number of nitrogens with two attached hydrogens (primary N) is 1. The van der Waals surface area contributed by atoms with E-state index < -0.39 is 0 Å². The second-order valence-corrected chi connectivity index (χ2v) is 4.30. The number of hydrogen-bond acceptors (Lipinski definition) is 4. The van der Waals surface area contributed by atoms with Crippen LogP contribution in [-0.4, -0.2) is 37.0 Å². The van der Waals surface area contributed by atoms with E-state index in [1.165, 1.54) is 4.90 Å². The Hall–Kier alpha value is -2.04. The molecular formula is C14H20N2O3. The Bertz CT molecular complexity index is 472. The normalized spacial score (nSPS) is 10.1. The molecular weight excluding hydrogens is 244 g/mol. The number of esters is 1. The first-order valence-electron chi connectivity index (χ1n) is 6.23. The lowest BCUT2D eigenvalue weighted by Gasteiger charge is -2.18. The molecule has 0 aromatic heterocycles. The van der Waals surface area contributed by atoms with Crippen LogP contribution in [0.15, 0.2) is 18.2 Å². The van der Waals surface area contributed by atoms with Crippen LogP contribution in [0, 0.1) is 6.92 Å². The van der Waals surface area contributed by atoms with Gasteiger partial charge in [0.05, 0.1) is 13.0 Å². The van der Waals surface area contributed by atoms with Gasteiger partial charge < -0.3 is 15.4 Å². The zero-order valence-corrected chi connectivity index (χ0v) is 11.6. The summed E-state index contributed by atoms with van der Waals surface area (Å²) in [5, 5.41) is 0. The van der Waals surface area contributed by atoms with Crippen molar-refractivity contribution in [3.8, 4) is 0 Å². The number of rotatable bonds is 5. The first kappa shape index (κ1) is 15.0. The van der Waals surface area contributed by atoms with Crippen molar-refractivity contribution >= 4 is 17.6 Å². The summed E-state index contributed by atoms with van der Waals surface area (Å²) >= 11 is 0. The molecule has 0 aliphatic heterocycles. The van der Waals surface area contributed by atoms with E-state index in [0.29, 0.717) is 24.4 Å². The fraction of sp³-hybridized carbons (Fsp3) is 0.429. The number of anilines is 1. The van der Waals surface area contributed by atoms with Crippen molar-refractivity contribution in [2.45, 2.75) is 20.3 Å². The summed E-state index contributed by atoms with van der Waals surface area (Å²) in [5.41, 5.74) is 7.68. The van der Waals surface area contributed by atoms with Crippen LogP contribution in [0.5, 0.6) is 0 Å². The number of nitrogen functional groups attached to an aromatic ring is 1. The standard InChI is InChI=1S/C14H20N2O3/c1-4-19-13(17)8-9-16(3)14(18)11-6-5-7-12(15)10(11)2/h5-7H,4,8-9,15H2,1-3H3. The van der Waals surface area contributed by atoms with Gasteiger partial charge in [-0.25, -0.2) is 0 Å². The topological polar surface area (TPSA) is 72.6 Å². The molecule has 0 spiro atoms. The summed E-state index contributed by atoms with van der Waals surface area (Å²) in [4.78, 5) is 25.0. The number of nitrogens with zero attached hydrogens (tertiary/aromatic N) is 1. The van der Waals surface area contributed by atoms with Gasteiger partial charge >= 0.3 is 5.97 Å². The van der Waals surface area contributed by atoms with Gasteiger partial charge in [-0.2, -0.15) is 0 Å². The number of hydrogen-bond donors (Lipinski definition) is 1. The van der Waals surface area contributed by atoms with E-state index in [1.807, 2.05) is 6.92 Å². The van der Waals surface area contributed by atoms with E-state index >= 15 is 0 Å². The molecule has 1 rings (SSSR count). The molecule has 0 saturated heterocycles. The van der Waals surface area contributed by atoms with Crippen molar-refractivity contribution in [3.05, 3.63) is 29.3 Å². The molecule has 0 radical (unpaired) electrons. The minimum Gasteiger partial charge on any atom is -0.466 e. The van der Waals surface area contributed by atoms with Crippen LogP contribution in [0.25, 0.3) is 0 Å². The lowest BCUT2D eigenvalue weighted by Crippen LogP contribution is -2.30. The highest BCUT2D eigenvalue weighted by molar-refractivity contribution is 5.96. The summed E-state index contributed by atoms with van der Waals surface area (Å²) < 4.78 is 4.82. The quantitative estimate of drug-likeness (QED) is 0.647. The maximum Gasteiger partial charge on any atom is 0.307 e. The van der Waals surface area contributed by atoms with Crippen LogP contribution in [0.2, 0.25) is 0 Å². The van der Waals surface area contributed by atoms with E-state index in [4.69, 9.17) is 10.5 Å². The van der Waals surface area contributed by atoms with Gasteiger partial charge in [0.1, 0.15) is 0 Å². The molecule has 0 unspecified atom stereocenters. The summed E-state index contributed by atoms with van der Waals surface area (Å²) in [6, 6.07) is 5.23. The Morgan fingerprint density at radius 2 is 2.05 bits per heavy atom. The van der Waals surface area contributed by atoms with Crippen molar-refractivity contribution in [1.82, 2.24) is 4.90 Å². The van der Waals surface area contributed by atoms with Crippen molar-refractivity contribution < 1.29 is 14.3 Å². The van der Waals surface area contributed by atoms with Crippen molar-refractivity contribution in [1.29, 1.82) is 0 Å². The van der Waals surface area contributed by atoms with E-state index in [9.17, 15) is 9.59 Å². The summed E-state index contributed by atoms with van der Waals surface area (Å²) in [6.07, 6.45) is 0.192. The number of carbonyl (C=O) groups excluding carboxylic acids is 2. The Balaban J connectivity index is 2.67. The molecule has 104 valence electrons. The zero-order chi connectivity index (χ0) is 14.4. The Kier molecular flexibility index (Phi) is 5.36. The third-order valence-electron chi connectivity index (χ3n) is 2.91. The fourth-order valence-corrected chi connectivity index (χ4v) is 1.68. The highest BCUT2D eigenvalue weighted by atomic mass is 16.5. The number of ether oxygens (including phenoxy) is 1. The van der Waals surface area contributed by atoms with Crippen molar-refractivity contribution in [2.75, 3.05) is 25.9 Å². The monoisotopic (exact) mass is 264 g/mol. The molecule has 1 aromatic rings. The largest absolute Gasteiger partial charge is 0.466 e. The average molecular weight is 264 g/mol. The van der Waals surface area contributed by atoms with Gasteiger partial charge in [-0.1, -0.05) is 6.07 Å². The van der Waals surface area contributed by atoms with Gasteiger partial charge in [0, 0.05) is 24.8 Å². The third-order valence-corrected chi connectivity index (χ3v) is 2.91. The second kappa shape index (κ2) is 6.78. The molecule has 19 heavy (non-hydrogen) atoms. The maximum absolute atomic E-state index is 12.2. The zero-order valence-electron chi connectivity index (χ0n) is 11.6. The summed E-state index contributed by atoms with van der Waals surface area (Å²) in [5.74, 6) is -0.444. The molecule has 5 nitrogen and oxygen atoms in total. The Labute approximate surface area is 113 Å². The fourth-order valence-electron chi connectivity index (χ4n) is 1.68. The van der Waals surface area contributed by atoms with Crippen LogP contribution in [0.4, 0.5) is 5.69 Å². The number of amides is 1. The van der Waals surface area contributed by atoms with E-state index in [0.717, 1.165) is 5.56 Å². The minimum atomic E-state index is -0.300. The second-order valence-electron chi connectivity index (χ2n) is 4.30. The van der Waals surface area contributed by atoms with Crippen LogP contribution in [-0.2, 0) is 9.53 Å². The lowest BCUT2D eigenvalue weighted by molar-refractivity contribution is -0.143. The first-order valence-corrected chi connectivity index (χ1v) is 6.23. The molecule has 0 bridgehead atoms. The molecule has 1 amide bonds. The van der Waals surface area contributed by atoms with Crippen LogP contribution in [0.1, 0.15) is 29.3 Å². The van der Waals surface area contributed by atoms with Gasteiger partial charge in [0.25, 0.3) is 5.91 Å². The molecule has 0 atom stereocenters. The minimum absolute atomic E-state index is 0.144. The molecule has 0 saturated carbocycles. The predicted octanol–water partition coefficient (Wildman–Crippen LogP) is 1.60. The number of benzene rings is 1. The van der Waals surface area contributed by atoms with Crippen LogP contribution < -0.4 is 5.73 Å². The number of carbonyl (C=O) groups is 2. The van der Waals surface area contributed by atoms with E-state index in [1.54, 1.807) is 32.2 Å². The average Bonchev–Trinajstić information content (AvgIpc) is 2.38. The van der Waals surface area contributed by atoms with Gasteiger partial charge in [0.2, 0.25) is 0 Å². The predicted molar refractivity (Wildman–Crippen MR) is 73.8 cm³/mol. The smallest absolute Gasteiger partial charge is 0.307 e.